The van der Waals surface area contributed by atoms with E-state index in [-0.39, 0.29) is 35.7 Å². The Hall–Kier alpha value is -3.62. The number of nitrogens with zero attached hydrogens (tertiary/aromatic N) is 1. The first-order chi connectivity index (χ1) is 14.8. The van der Waals surface area contributed by atoms with E-state index in [1.807, 2.05) is 0 Å². The average molecular weight is 428 g/mol. The quantitative estimate of drug-likeness (QED) is 0.736. The van der Waals surface area contributed by atoms with E-state index >= 15 is 0 Å². The van der Waals surface area contributed by atoms with Crippen molar-refractivity contribution in [3.8, 4) is 11.5 Å². The Morgan fingerprint density at radius 1 is 1.19 bits per heavy atom. The van der Waals surface area contributed by atoms with Gasteiger partial charge >= 0.3 is 5.97 Å². The van der Waals surface area contributed by atoms with Crippen LogP contribution in [0.25, 0.3) is 0 Å². The molecular formula is C22H21FN2O6. The molecule has 1 fully saturated rings. The van der Waals surface area contributed by atoms with Gasteiger partial charge in [-0.1, -0.05) is 6.07 Å². The number of halogens is 1. The molecule has 31 heavy (non-hydrogen) atoms. The molecule has 0 bridgehead atoms. The fourth-order valence-corrected chi connectivity index (χ4v) is 3.94. The summed E-state index contributed by atoms with van der Waals surface area (Å²) in [6, 6.07) is 6.70. The van der Waals surface area contributed by atoms with E-state index in [2.05, 4.69) is 5.32 Å². The summed E-state index contributed by atoms with van der Waals surface area (Å²) < 4.78 is 29.9. The van der Waals surface area contributed by atoms with Crippen LogP contribution in [0.4, 0.5) is 10.1 Å². The Labute approximate surface area is 177 Å². The molecule has 8 nitrogen and oxygen atoms in total. The van der Waals surface area contributed by atoms with Gasteiger partial charge in [-0.25, -0.2) is 9.18 Å². The van der Waals surface area contributed by atoms with Crippen LogP contribution in [-0.2, 0) is 14.3 Å². The molecule has 9 heteroatoms. The van der Waals surface area contributed by atoms with Crippen LogP contribution >= 0.6 is 0 Å². The lowest BCUT2D eigenvalue weighted by atomic mass is 10.0. The Morgan fingerprint density at radius 2 is 1.97 bits per heavy atom. The van der Waals surface area contributed by atoms with Gasteiger partial charge in [0.1, 0.15) is 17.4 Å². The number of amides is 2. The number of benzene rings is 2. The van der Waals surface area contributed by atoms with E-state index in [0.717, 1.165) is 0 Å². The van der Waals surface area contributed by atoms with Crippen molar-refractivity contribution in [2.45, 2.75) is 32.0 Å². The number of aryl methyl sites for hydroxylation is 1. The van der Waals surface area contributed by atoms with Crippen molar-refractivity contribution in [3.05, 3.63) is 52.8 Å². The average Bonchev–Trinajstić information content (AvgIpc) is 3.29. The summed E-state index contributed by atoms with van der Waals surface area (Å²) >= 11 is 0. The monoisotopic (exact) mass is 428 g/mol. The summed E-state index contributed by atoms with van der Waals surface area (Å²) in [5.41, 5.74) is 1.31. The number of ether oxygens (including phenoxy) is 3. The van der Waals surface area contributed by atoms with Gasteiger partial charge in [-0.15, -0.1) is 0 Å². The van der Waals surface area contributed by atoms with Crippen LogP contribution in [0, 0.1) is 12.7 Å². The first-order valence-electron chi connectivity index (χ1n) is 9.69. The number of rotatable bonds is 5. The summed E-state index contributed by atoms with van der Waals surface area (Å²) in [7, 11) is 2.84. The summed E-state index contributed by atoms with van der Waals surface area (Å²) in [5, 5.41) is 2.64. The molecule has 2 aromatic carbocycles. The highest BCUT2D eigenvalue weighted by Gasteiger charge is 2.47. The molecule has 2 amide bonds. The minimum Gasteiger partial charge on any atom is -0.493 e. The van der Waals surface area contributed by atoms with Crippen molar-refractivity contribution >= 4 is 23.5 Å². The minimum absolute atomic E-state index is 0.122. The van der Waals surface area contributed by atoms with Crippen LogP contribution in [0.2, 0.25) is 0 Å². The Morgan fingerprint density at radius 3 is 2.65 bits per heavy atom. The minimum atomic E-state index is -1.07. The van der Waals surface area contributed by atoms with Gasteiger partial charge in [-0.2, -0.15) is 0 Å². The standard InChI is InChI=1S/C22H21FN2O6/c1-11-4-5-12(10-14(11)23)24-20(27)15-7-9-17(26)25(15)21-13-6-8-16(29-2)19(30-3)18(13)22(28)31-21/h4-6,8,10,15,21H,7,9H2,1-3H3,(H,24,27)/t15-,21-/m0/s1. The molecule has 2 aromatic rings. The van der Waals surface area contributed by atoms with Crippen molar-refractivity contribution in [3.63, 3.8) is 0 Å². The van der Waals surface area contributed by atoms with Gasteiger partial charge in [0.2, 0.25) is 18.0 Å². The number of hydrogen-bond donors (Lipinski definition) is 1. The predicted octanol–water partition coefficient (Wildman–Crippen LogP) is 2.95. The largest absolute Gasteiger partial charge is 0.493 e. The van der Waals surface area contributed by atoms with Crippen LogP contribution in [0.15, 0.2) is 30.3 Å². The molecule has 0 saturated carbocycles. The normalized spacial score (nSPS) is 19.8. The Kier molecular flexibility index (Phi) is 5.26. The van der Waals surface area contributed by atoms with Crippen LogP contribution in [0.5, 0.6) is 11.5 Å². The topological polar surface area (TPSA) is 94.2 Å². The molecular weight excluding hydrogens is 407 g/mol. The van der Waals surface area contributed by atoms with Gasteiger partial charge in [-0.3, -0.25) is 14.5 Å². The third kappa shape index (κ3) is 3.45. The van der Waals surface area contributed by atoms with Gasteiger partial charge in [-0.05, 0) is 43.2 Å². The van der Waals surface area contributed by atoms with Gasteiger partial charge < -0.3 is 19.5 Å². The zero-order valence-corrected chi connectivity index (χ0v) is 17.2. The number of nitrogens with one attached hydrogen (secondary N) is 1. The summed E-state index contributed by atoms with van der Waals surface area (Å²) in [4.78, 5) is 39.4. The molecule has 1 N–H and O–H groups in total. The number of carbonyl (C=O) groups is 3. The second-order valence-corrected chi connectivity index (χ2v) is 7.33. The maximum Gasteiger partial charge on any atom is 0.344 e. The molecule has 0 aliphatic carbocycles. The first kappa shape index (κ1) is 20.6. The maximum absolute atomic E-state index is 13.8. The van der Waals surface area contributed by atoms with Crippen LogP contribution < -0.4 is 14.8 Å². The van der Waals surface area contributed by atoms with Crippen molar-refractivity contribution < 1.29 is 33.0 Å². The lowest BCUT2D eigenvalue weighted by Gasteiger charge is -2.29. The third-order valence-electron chi connectivity index (χ3n) is 5.52. The molecule has 2 aliphatic heterocycles. The molecule has 2 aliphatic rings. The number of fused-ring (bicyclic) bond motifs is 1. The molecule has 0 spiro atoms. The summed E-state index contributed by atoms with van der Waals surface area (Å²) in [6.45, 7) is 1.62. The van der Waals surface area contributed by atoms with Crippen LogP contribution in [0.3, 0.4) is 0 Å². The molecule has 4 rings (SSSR count). The highest BCUT2D eigenvalue weighted by molar-refractivity contribution is 6.01. The van der Waals surface area contributed by atoms with Crippen LogP contribution in [0.1, 0.15) is 40.6 Å². The second-order valence-electron chi connectivity index (χ2n) is 7.33. The van der Waals surface area contributed by atoms with Crippen molar-refractivity contribution in [2.24, 2.45) is 0 Å². The Bertz CT molecular complexity index is 1090. The second kappa shape index (κ2) is 7.90. The highest BCUT2D eigenvalue weighted by atomic mass is 19.1. The zero-order chi connectivity index (χ0) is 22.3. The van der Waals surface area contributed by atoms with Crippen LogP contribution in [-0.4, -0.2) is 42.9 Å². The van der Waals surface area contributed by atoms with Gasteiger partial charge in [0.05, 0.1) is 14.2 Å². The van der Waals surface area contributed by atoms with Crippen molar-refractivity contribution in [1.29, 1.82) is 0 Å². The molecule has 2 heterocycles. The summed E-state index contributed by atoms with van der Waals surface area (Å²) in [5.74, 6) is -1.38. The number of likely N-dealkylation sites (tertiary alicyclic amines) is 1. The number of anilines is 1. The van der Waals surface area contributed by atoms with E-state index in [4.69, 9.17) is 14.2 Å². The first-order valence-corrected chi connectivity index (χ1v) is 9.69. The molecule has 0 aromatic heterocycles. The summed E-state index contributed by atoms with van der Waals surface area (Å²) in [6.07, 6.45) is -0.699. The molecule has 2 atom stereocenters. The molecule has 0 unspecified atom stereocenters. The molecule has 0 radical (unpaired) electrons. The van der Waals surface area contributed by atoms with E-state index in [9.17, 15) is 18.8 Å². The predicted molar refractivity (Wildman–Crippen MR) is 107 cm³/mol. The van der Waals surface area contributed by atoms with E-state index < -0.39 is 30.0 Å². The maximum atomic E-state index is 13.8. The number of cyclic esters (lactones) is 1. The molecule has 162 valence electrons. The van der Waals surface area contributed by atoms with Crippen molar-refractivity contribution in [1.82, 2.24) is 4.90 Å². The van der Waals surface area contributed by atoms with Crippen molar-refractivity contribution in [2.75, 3.05) is 19.5 Å². The SMILES string of the molecule is COc1ccc2c(c1OC)C(=O)O[C@@H]2N1C(=O)CC[C@H]1C(=O)Nc1ccc(C)c(F)c1. The highest BCUT2D eigenvalue weighted by Crippen LogP contribution is 2.45. The fraction of sp³-hybridized carbons (Fsp3) is 0.318. The number of hydrogen-bond acceptors (Lipinski definition) is 6. The fourth-order valence-electron chi connectivity index (χ4n) is 3.94. The Balaban J connectivity index is 1.64. The smallest absolute Gasteiger partial charge is 0.344 e. The van der Waals surface area contributed by atoms with Gasteiger partial charge in [0.15, 0.2) is 11.5 Å². The van der Waals surface area contributed by atoms with Gasteiger partial charge in [0, 0.05) is 17.7 Å². The third-order valence-corrected chi connectivity index (χ3v) is 5.52. The molecule has 1 saturated heterocycles. The number of esters is 1. The lowest BCUT2D eigenvalue weighted by Crippen LogP contribution is -2.43. The van der Waals surface area contributed by atoms with Gasteiger partial charge in [0.25, 0.3) is 0 Å². The van der Waals surface area contributed by atoms with E-state index in [1.54, 1.807) is 31.2 Å². The zero-order valence-electron chi connectivity index (χ0n) is 17.2. The van der Waals surface area contributed by atoms with E-state index in [0.29, 0.717) is 16.9 Å². The van der Waals surface area contributed by atoms with E-state index in [1.165, 1.54) is 25.2 Å². The number of methoxy groups -OCH3 is 2. The number of carbonyl (C=O) groups excluding carboxylic acids is 3. The lowest BCUT2D eigenvalue weighted by molar-refractivity contribution is -0.144.